The standard InChI is InChI=1S/C9H18N2O.ClH/c1-9(10-12)5-8-11-6-3-2-4-7-11;/h12H,2-8H2,1H3;1H. The molecule has 1 aliphatic heterocycles. The Morgan fingerprint density at radius 3 is 2.46 bits per heavy atom. The molecule has 0 atom stereocenters. The first kappa shape index (κ1) is 12.7. The quantitative estimate of drug-likeness (QED) is 0.436. The monoisotopic (exact) mass is 206 g/mol. The summed E-state index contributed by atoms with van der Waals surface area (Å²) >= 11 is 0. The van der Waals surface area contributed by atoms with E-state index in [4.69, 9.17) is 5.21 Å². The molecule has 0 unspecified atom stereocenters. The molecule has 0 amide bonds. The zero-order valence-corrected chi connectivity index (χ0v) is 9.02. The first-order chi connectivity index (χ1) is 5.83. The number of piperidine rings is 1. The van der Waals surface area contributed by atoms with Crippen molar-refractivity contribution in [2.24, 2.45) is 5.16 Å². The van der Waals surface area contributed by atoms with Crippen molar-refractivity contribution in [2.45, 2.75) is 32.6 Å². The Morgan fingerprint density at radius 2 is 1.92 bits per heavy atom. The SMILES string of the molecule is CC(CCN1CCCCC1)=NO.Cl. The number of rotatable bonds is 3. The van der Waals surface area contributed by atoms with Gasteiger partial charge >= 0.3 is 0 Å². The summed E-state index contributed by atoms with van der Waals surface area (Å²) in [5, 5.41) is 11.6. The third-order valence-corrected chi connectivity index (χ3v) is 2.41. The lowest BCUT2D eigenvalue weighted by Crippen LogP contribution is -2.31. The van der Waals surface area contributed by atoms with Gasteiger partial charge < -0.3 is 10.1 Å². The maximum Gasteiger partial charge on any atom is 0.0552 e. The van der Waals surface area contributed by atoms with Crippen molar-refractivity contribution in [3.63, 3.8) is 0 Å². The second-order valence-electron chi connectivity index (χ2n) is 3.49. The molecule has 4 heteroatoms. The lowest BCUT2D eigenvalue weighted by atomic mass is 10.1. The molecule has 0 aliphatic carbocycles. The fraction of sp³-hybridized carbons (Fsp3) is 0.889. The molecule has 1 saturated heterocycles. The van der Waals surface area contributed by atoms with Gasteiger partial charge in [0.15, 0.2) is 0 Å². The minimum atomic E-state index is 0. The Kier molecular flexibility index (Phi) is 7.00. The molecule has 1 fully saturated rings. The molecule has 78 valence electrons. The van der Waals surface area contributed by atoms with E-state index < -0.39 is 0 Å². The highest BCUT2D eigenvalue weighted by atomic mass is 35.5. The summed E-state index contributed by atoms with van der Waals surface area (Å²) in [7, 11) is 0. The highest BCUT2D eigenvalue weighted by Crippen LogP contribution is 2.08. The smallest absolute Gasteiger partial charge is 0.0552 e. The Bertz CT molecular complexity index is 156. The van der Waals surface area contributed by atoms with Crippen LogP contribution >= 0.6 is 12.4 Å². The van der Waals surface area contributed by atoms with Crippen LogP contribution in [0.5, 0.6) is 0 Å². The predicted octanol–water partition coefficient (Wildman–Crippen LogP) is 2.13. The van der Waals surface area contributed by atoms with Crippen molar-refractivity contribution in [3.05, 3.63) is 0 Å². The van der Waals surface area contributed by atoms with E-state index in [-0.39, 0.29) is 12.4 Å². The van der Waals surface area contributed by atoms with E-state index >= 15 is 0 Å². The van der Waals surface area contributed by atoms with Gasteiger partial charge in [0.05, 0.1) is 5.71 Å². The number of hydrogen-bond donors (Lipinski definition) is 1. The van der Waals surface area contributed by atoms with E-state index in [9.17, 15) is 0 Å². The summed E-state index contributed by atoms with van der Waals surface area (Å²) in [5.41, 5.74) is 0.834. The lowest BCUT2D eigenvalue weighted by molar-refractivity contribution is 0.233. The summed E-state index contributed by atoms with van der Waals surface area (Å²) < 4.78 is 0. The molecule has 3 nitrogen and oxygen atoms in total. The van der Waals surface area contributed by atoms with Gasteiger partial charge in [0, 0.05) is 13.0 Å². The van der Waals surface area contributed by atoms with Crippen LogP contribution in [0.3, 0.4) is 0 Å². The van der Waals surface area contributed by atoms with Gasteiger partial charge in [-0.15, -0.1) is 12.4 Å². The third kappa shape index (κ3) is 5.11. The van der Waals surface area contributed by atoms with E-state index in [1.807, 2.05) is 6.92 Å². The topological polar surface area (TPSA) is 35.8 Å². The van der Waals surface area contributed by atoms with Crippen molar-refractivity contribution in [3.8, 4) is 0 Å². The normalized spacial score (nSPS) is 19.6. The maximum absolute atomic E-state index is 8.43. The van der Waals surface area contributed by atoms with Crippen LogP contribution in [0, 0.1) is 0 Å². The van der Waals surface area contributed by atoms with Gasteiger partial charge in [-0.25, -0.2) is 0 Å². The van der Waals surface area contributed by atoms with E-state index in [1.54, 1.807) is 0 Å². The van der Waals surface area contributed by atoms with Crippen LogP contribution in [0.4, 0.5) is 0 Å². The molecule has 1 N–H and O–H groups in total. The number of hydrogen-bond acceptors (Lipinski definition) is 3. The molecule has 1 heterocycles. The minimum Gasteiger partial charge on any atom is -0.411 e. The fourth-order valence-electron chi connectivity index (χ4n) is 1.55. The van der Waals surface area contributed by atoms with E-state index in [2.05, 4.69) is 10.1 Å². The Balaban J connectivity index is 0.00000144. The average molecular weight is 207 g/mol. The van der Waals surface area contributed by atoms with Crippen molar-refractivity contribution in [2.75, 3.05) is 19.6 Å². The molecule has 1 aliphatic rings. The van der Waals surface area contributed by atoms with Gasteiger partial charge in [-0.1, -0.05) is 11.6 Å². The van der Waals surface area contributed by atoms with E-state index in [0.29, 0.717) is 0 Å². The molecule has 0 aromatic heterocycles. The number of nitrogens with zero attached hydrogens (tertiary/aromatic N) is 2. The summed E-state index contributed by atoms with van der Waals surface area (Å²) in [6.45, 7) is 5.36. The zero-order valence-electron chi connectivity index (χ0n) is 8.20. The van der Waals surface area contributed by atoms with Gasteiger partial charge in [0.1, 0.15) is 0 Å². The lowest BCUT2D eigenvalue weighted by Gasteiger charge is -2.25. The maximum atomic E-state index is 8.43. The predicted molar refractivity (Wildman–Crippen MR) is 57.1 cm³/mol. The molecule has 0 aromatic carbocycles. The van der Waals surface area contributed by atoms with Crippen LogP contribution in [0.15, 0.2) is 5.16 Å². The van der Waals surface area contributed by atoms with Crippen molar-refractivity contribution in [1.29, 1.82) is 0 Å². The van der Waals surface area contributed by atoms with Gasteiger partial charge in [-0.3, -0.25) is 0 Å². The number of oxime groups is 1. The van der Waals surface area contributed by atoms with Gasteiger partial charge in [0.2, 0.25) is 0 Å². The molecule has 0 bridgehead atoms. The molecule has 1 rings (SSSR count). The van der Waals surface area contributed by atoms with Crippen LogP contribution < -0.4 is 0 Å². The Labute approximate surface area is 86.2 Å². The molecule has 0 spiro atoms. The highest BCUT2D eigenvalue weighted by Gasteiger charge is 2.09. The van der Waals surface area contributed by atoms with Crippen LogP contribution in [-0.2, 0) is 0 Å². The molecule has 0 radical (unpaired) electrons. The van der Waals surface area contributed by atoms with Crippen molar-refractivity contribution in [1.82, 2.24) is 4.90 Å². The van der Waals surface area contributed by atoms with Crippen LogP contribution in [0.2, 0.25) is 0 Å². The largest absolute Gasteiger partial charge is 0.411 e. The Hall–Kier alpha value is -0.280. The van der Waals surface area contributed by atoms with Crippen molar-refractivity contribution >= 4 is 18.1 Å². The molecule has 0 aromatic rings. The second kappa shape index (κ2) is 7.15. The summed E-state index contributed by atoms with van der Waals surface area (Å²) in [5.74, 6) is 0. The zero-order chi connectivity index (χ0) is 8.81. The Morgan fingerprint density at radius 1 is 1.31 bits per heavy atom. The number of halogens is 1. The minimum absolute atomic E-state index is 0. The molecular weight excluding hydrogens is 188 g/mol. The van der Waals surface area contributed by atoms with Gasteiger partial charge in [0.25, 0.3) is 0 Å². The first-order valence-corrected chi connectivity index (χ1v) is 4.73. The number of likely N-dealkylation sites (tertiary alicyclic amines) is 1. The third-order valence-electron chi connectivity index (χ3n) is 2.41. The fourth-order valence-corrected chi connectivity index (χ4v) is 1.55. The van der Waals surface area contributed by atoms with E-state index in [1.165, 1.54) is 32.4 Å². The average Bonchev–Trinajstić information content (AvgIpc) is 2.16. The molecule has 0 saturated carbocycles. The van der Waals surface area contributed by atoms with Crippen molar-refractivity contribution < 1.29 is 5.21 Å². The summed E-state index contributed by atoms with van der Waals surface area (Å²) in [6, 6.07) is 0. The molecule has 13 heavy (non-hydrogen) atoms. The van der Waals surface area contributed by atoms with Crippen LogP contribution in [-0.4, -0.2) is 35.5 Å². The summed E-state index contributed by atoms with van der Waals surface area (Å²) in [6.07, 6.45) is 4.94. The van der Waals surface area contributed by atoms with Crippen LogP contribution in [0.25, 0.3) is 0 Å². The highest BCUT2D eigenvalue weighted by molar-refractivity contribution is 5.85. The van der Waals surface area contributed by atoms with Crippen LogP contribution in [0.1, 0.15) is 32.6 Å². The summed E-state index contributed by atoms with van der Waals surface area (Å²) in [4.78, 5) is 2.44. The first-order valence-electron chi connectivity index (χ1n) is 4.73. The molecular formula is C9H19ClN2O. The second-order valence-corrected chi connectivity index (χ2v) is 3.49. The van der Waals surface area contributed by atoms with E-state index in [0.717, 1.165) is 18.7 Å². The van der Waals surface area contributed by atoms with Gasteiger partial charge in [-0.2, -0.15) is 0 Å². The van der Waals surface area contributed by atoms with Gasteiger partial charge in [-0.05, 0) is 32.9 Å².